The predicted molar refractivity (Wildman–Crippen MR) is 108 cm³/mol. The number of ketones is 1. The Kier molecular flexibility index (Phi) is 6.79. The van der Waals surface area contributed by atoms with Gasteiger partial charge in [-0.1, -0.05) is 37.5 Å². The number of nitrogens with one attached hydrogen (secondary N) is 2. The average Bonchev–Trinajstić information content (AvgIpc) is 3.15. The minimum Gasteiger partial charge on any atom is -0.353 e. The van der Waals surface area contributed by atoms with Crippen molar-refractivity contribution >= 4 is 29.0 Å². The van der Waals surface area contributed by atoms with E-state index >= 15 is 0 Å². The number of hydrogen-bond acceptors (Lipinski definition) is 5. The quantitative estimate of drug-likeness (QED) is 0.754. The van der Waals surface area contributed by atoms with Crippen LogP contribution in [0.3, 0.4) is 0 Å². The summed E-state index contributed by atoms with van der Waals surface area (Å²) in [5.41, 5.74) is 1.09. The molecule has 0 spiro atoms. The van der Waals surface area contributed by atoms with Gasteiger partial charge in [-0.05, 0) is 31.9 Å². The third-order valence-electron chi connectivity index (χ3n) is 5.27. The molecule has 3 rings (SSSR count). The number of hydrazone groups is 1. The number of rotatable bonds is 7. The summed E-state index contributed by atoms with van der Waals surface area (Å²) in [6.07, 6.45) is 6.16. The van der Waals surface area contributed by atoms with Crippen molar-refractivity contribution in [1.82, 2.24) is 10.6 Å². The van der Waals surface area contributed by atoms with Crippen LogP contribution >= 0.6 is 0 Å². The lowest BCUT2D eigenvalue weighted by Gasteiger charge is -2.22. The van der Waals surface area contributed by atoms with Gasteiger partial charge in [0, 0.05) is 25.4 Å². The van der Waals surface area contributed by atoms with E-state index in [-0.39, 0.29) is 43.0 Å². The molecule has 150 valence electrons. The molecule has 1 atom stereocenters. The summed E-state index contributed by atoms with van der Waals surface area (Å²) < 4.78 is 0. The van der Waals surface area contributed by atoms with Gasteiger partial charge in [-0.25, -0.2) is 0 Å². The molecule has 1 aromatic carbocycles. The first-order chi connectivity index (χ1) is 13.5. The number of carbonyl (C=O) groups is 3. The van der Waals surface area contributed by atoms with Crippen LogP contribution in [-0.2, 0) is 14.4 Å². The molecule has 0 aromatic heterocycles. The molecule has 28 heavy (non-hydrogen) atoms. The van der Waals surface area contributed by atoms with Gasteiger partial charge in [0.05, 0.1) is 5.69 Å². The molecular formula is C21H28N4O3. The van der Waals surface area contributed by atoms with E-state index in [1.807, 2.05) is 30.3 Å². The zero-order valence-corrected chi connectivity index (χ0v) is 16.3. The highest BCUT2D eigenvalue weighted by Gasteiger charge is 2.34. The monoisotopic (exact) mass is 384 g/mol. The molecular weight excluding hydrogens is 356 g/mol. The molecule has 2 N–H and O–H groups in total. The van der Waals surface area contributed by atoms with Crippen LogP contribution in [0.1, 0.15) is 51.9 Å². The summed E-state index contributed by atoms with van der Waals surface area (Å²) in [6.45, 7) is 1.76. The fraction of sp³-hybridized carbons (Fsp3) is 0.524. The van der Waals surface area contributed by atoms with E-state index in [1.54, 1.807) is 5.01 Å². The van der Waals surface area contributed by atoms with Crippen LogP contribution in [0, 0.1) is 0 Å². The Labute approximate surface area is 165 Å². The second kappa shape index (κ2) is 9.48. The van der Waals surface area contributed by atoms with Crippen LogP contribution in [0.5, 0.6) is 0 Å². The van der Waals surface area contributed by atoms with Crippen molar-refractivity contribution in [3.8, 4) is 0 Å². The van der Waals surface area contributed by atoms with E-state index < -0.39 is 6.04 Å². The first-order valence-corrected chi connectivity index (χ1v) is 10.0. The largest absolute Gasteiger partial charge is 0.353 e. The summed E-state index contributed by atoms with van der Waals surface area (Å²) in [7, 11) is 0. The zero-order valence-electron chi connectivity index (χ0n) is 16.3. The van der Waals surface area contributed by atoms with E-state index in [0.717, 1.165) is 31.4 Å². The highest BCUT2D eigenvalue weighted by atomic mass is 16.2. The maximum Gasteiger partial charge on any atom is 0.267 e. The molecule has 1 aliphatic heterocycles. The molecule has 0 bridgehead atoms. The van der Waals surface area contributed by atoms with Gasteiger partial charge in [-0.3, -0.25) is 19.4 Å². The molecule has 7 nitrogen and oxygen atoms in total. The van der Waals surface area contributed by atoms with Crippen molar-refractivity contribution in [2.24, 2.45) is 5.10 Å². The van der Waals surface area contributed by atoms with Crippen molar-refractivity contribution in [1.29, 1.82) is 0 Å². The normalized spacial score (nSPS) is 19.8. The molecule has 1 unspecified atom stereocenters. The first-order valence-electron chi connectivity index (χ1n) is 10.0. The number of para-hydroxylation sites is 1. The van der Waals surface area contributed by atoms with Crippen LogP contribution in [-0.4, -0.2) is 41.9 Å². The molecule has 0 saturated heterocycles. The molecule has 1 fully saturated rings. The summed E-state index contributed by atoms with van der Waals surface area (Å²) in [5.74, 6) is -0.398. The minimum atomic E-state index is -0.474. The van der Waals surface area contributed by atoms with Crippen molar-refractivity contribution in [3.63, 3.8) is 0 Å². The summed E-state index contributed by atoms with van der Waals surface area (Å²) >= 11 is 0. The van der Waals surface area contributed by atoms with Gasteiger partial charge < -0.3 is 10.6 Å². The van der Waals surface area contributed by atoms with Crippen molar-refractivity contribution in [3.05, 3.63) is 30.3 Å². The number of amides is 2. The van der Waals surface area contributed by atoms with Gasteiger partial charge in [0.25, 0.3) is 5.91 Å². The molecule has 2 amide bonds. The second-order valence-corrected chi connectivity index (χ2v) is 7.47. The number of nitrogens with zero attached hydrogens (tertiary/aromatic N) is 2. The van der Waals surface area contributed by atoms with E-state index in [9.17, 15) is 14.4 Å². The van der Waals surface area contributed by atoms with E-state index in [4.69, 9.17) is 0 Å². The minimum absolute atomic E-state index is 0.0342. The summed E-state index contributed by atoms with van der Waals surface area (Å²) in [4.78, 5) is 36.5. The molecule has 0 radical (unpaired) electrons. The van der Waals surface area contributed by atoms with Gasteiger partial charge in [0.15, 0.2) is 5.78 Å². The standard InChI is InChI=1S/C21H28N4O3/c1-15(26)19-14-18(24-25(19)17-10-6-3-7-11-17)21(28)22-13-12-20(27)23-16-8-4-2-5-9-16/h3,6-7,10-11,16,19H,2,4-5,8-9,12-14H2,1H3,(H,22,28)(H,23,27). The van der Waals surface area contributed by atoms with Crippen molar-refractivity contribution in [2.75, 3.05) is 11.6 Å². The van der Waals surface area contributed by atoms with Crippen molar-refractivity contribution in [2.45, 2.75) is 64.0 Å². The number of hydrogen-bond donors (Lipinski definition) is 2. The van der Waals surface area contributed by atoms with E-state index in [1.165, 1.54) is 13.3 Å². The molecule has 1 aliphatic carbocycles. The Bertz CT molecular complexity index is 741. The number of benzene rings is 1. The zero-order chi connectivity index (χ0) is 19.9. The Morgan fingerprint density at radius 1 is 1.11 bits per heavy atom. The lowest BCUT2D eigenvalue weighted by Crippen LogP contribution is -2.39. The Morgan fingerprint density at radius 3 is 2.50 bits per heavy atom. The molecule has 1 heterocycles. The number of anilines is 1. The maximum absolute atomic E-state index is 12.5. The highest BCUT2D eigenvalue weighted by molar-refractivity contribution is 6.40. The average molecular weight is 384 g/mol. The smallest absolute Gasteiger partial charge is 0.267 e. The predicted octanol–water partition coefficient (Wildman–Crippen LogP) is 2.17. The van der Waals surface area contributed by atoms with E-state index in [2.05, 4.69) is 15.7 Å². The Morgan fingerprint density at radius 2 is 1.82 bits per heavy atom. The Balaban J connectivity index is 1.51. The van der Waals surface area contributed by atoms with Crippen LogP contribution < -0.4 is 15.6 Å². The Hall–Kier alpha value is -2.70. The first kappa shape index (κ1) is 20.0. The van der Waals surface area contributed by atoms with Crippen LogP contribution in [0.15, 0.2) is 35.4 Å². The number of carbonyl (C=O) groups excluding carboxylic acids is 3. The van der Waals surface area contributed by atoms with Crippen LogP contribution in [0.2, 0.25) is 0 Å². The van der Waals surface area contributed by atoms with Crippen molar-refractivity contribution < 1.29 is 14.4 Å². The molecule has 1 aromatic rings. The summed E-state index contributed by atoms with van der Waals surface area (Å²) in [6, 6.07) is 9.13. The molecule has 7 heteroatoms. The maximum atomic E-state index is 12.5. The van der Waals surface area contributed by atoms with E-state index in [0.29, 0.717) is 5.71 Å². The van der Waals surface area contributed by atoms with Crippen LogP contribution in [0.25, 0.3) is 0 Å². The second-order valence-electron chi connectivity index (χ2n) is 7.47. The third kappa shape index (κ3) is 5.18. The van der Waals surface area contributed by atoms with Gasteiger partial charge in [0.2, 0.25) is 5.91 Å². The SMILES string of the molecule is CC(=O)C1CC(C(=O)NCCC(=O)NC2CCCCC2)=NN1c1ccccc1. The van der Waals surface area contributed by atoms with Gasteiger partial charge >= 0.3 is 0 Å². The lowest BCUT2D eigenvalue weighted by molar-refractivity contribution is -0.122. The number of Topliss-reactive ketones (excluding diaryl/α,β-unsaturated/α-hetero) is 1. The van der Waals surface area contributed by atoms with Crippen LogP contribution in [0.4, 0.5) is 5.69 Å². The highest BCUT2D eigenvalue weighted by Crippen LogP contribution is 2.25. The molecule has 1 saturated carbocycles. The van der Waals surface area contributed by atoms with Gasteiger partial charge in [-0.2, -0.15) is 5.10 Å². The van der Waals surface area contributed by atoms with Gasteiger partial charge in [0.1, 0.15) is 11.8 Å². The fourth-order valence-corrected chi connectivity index (χ4v) is 3.72. The molecule has 2 aliphatic rings. The fourth-order valence-electron chi connectivity index (χ4n) is 3.72. The topological polar surface area (TPSA) is 90.9 Å². The lowest BCUT2D eigenvalue weighted by atomic mass is 9.95. The third-order valence-corrected chi connectivity index (χ3v) is 5.27. The summed E-state index contributed by atoms with van der Waals surface area (Å²) in [5, 5.41) is 11.8. The van der Waals surface area contributed by atoms with Gasteiger partial charge in [-0.15, -0.1) is 0 Å².